The Bertz CT molecular complexity index is 768. The highest BCUT2D eigenvalue weighted by Gasteiger charge is 2.18. The molecular weight excluding hydrogens is 270 g/mol. The van der Waals surface area contributed by atoms with Gasteiger partial charge in [-0.25, -0.2) is 0 Å². The molecule has 1 N–H and O–H groups in total. The predicted octanol–water partition coefficient (Wildman–Crippen LogP) is 3.57. The number of rotatable bonds is 2. The quantitative estimate of drug-likeness (QED) is 0.782. The molecule has 1 amide bonds. The Kier molecular flexibility index (Phi) is 3.06. The normalized spacial score (nSPS) is 10.9. The number of fused-ring (bicyclic) bond motifs is 1. The fourth-order valence-electron chi connectivity index (χ4n) is 2.37. The van der Waals surface area contributed by atoms with Crippen molar-refractivity contribution in [3.05, 3.63) is 36.0 Å². The summed E-state index contributed by atoms with van der Waals surface area (Å²) in [7, 11) is 1.84. The first-order valence-corrected chi connectivity index (χ1v) is 7.18. The minimum Gasteiger partial charge on any atom is -0.311 e. The van der Waals surface area contributed by atoms with E-state index in [4.69, 9.17) is 0 Å². The molecule has 2 heterocycles. The molecule has 0 aliphatic carbocycles. The zero-order chi connectivity index (χ0) is 14.3. The van der Waals surface area contributed by atoms with Crippen molar-refractivity contribution in [1.82, 2.24) is 9.78 Å². The summed E-state index contributed by atoms with van der Waals surface area (Å²) in [6.07, 6.45) is 0. The van der Waals surface area contributed by atoms with Crippen LogP contribution in [0.15, 0.2) is 30.3 Å². The number of amides is 1. The van der Waals surface area contributed by atoms with Crippen LogP contribution in [0.25, 0.3) is 20.5 Å². The SMILES string of the molecule is CC(=O)Nc1c(-c2cc3ccccc3s2)c(C)nn1C. The van der Waals surface area contributed by atoms with Crippen molar-refractivity contribution in [2.45, 2.75) is 13.8 Å². The Balaban J connectivity index is 2.20. The topological polar surface area (TPSA) is 46.9 Å². The van der Waals surface area contributed by atoms with Crippen molar-refractivity contribution in [3.8, 4) is 10.4 Å². The van der Waals surface area contributed by atoms with Crippen molar-refractivity contribution in [2.75, 3.05) is 5.32 Å². The fourth-order valence-corrected chi connectivity index (χ4v) is 3.53. The number of thiophene rings is 1. The molecule has 102 valence electrons. The number of aromatic nitrogens is 2. The zero-order valence-corrected chi connectivity index (χ0v) is 12.4. The summed E-state index contributed by atoms with van der Waals surface area (Å²) >= 11 is 1.71. The van der Waals surface area contributed by atoms with Gasteiger partial charge in [0.1, 0.15) is 5.82 Å². The summed E-state index contributed by atoms with van der Waals surface area (Å²) < 4.78 is 2.95. The maximum Gasteiger partial charge on any atom is 0.222 e. The van der Waals surface area contributed by atoms with Gasteiger partial charge in [-0.15, -0.1) is 11.3 Å². The Morgan fingerprint density at radius 2 is 2.10 bits per heavy atom. The summed E-state index contributed by atoms with van der Waals surface area (Å²) in [5.74, 6) is 0.664. The Morgan fingerprint density at radius 3 is 2.80 bits per heavy atom. The number of carbonyl (C=O) groups is 1. The van der Waals surface area contributed by atoms with Crippen LogP contribution in [0.3, 0.4) is 0 Å². The fraction of sp³-hybridized carbons (Fsp3) is 0.200. The molecule has 0 fully saturated rings. The van der Waals surface area contributed by atoms with Crippen molar-refractivity contribution in [1.29, 1.82) is 0 Å². The third-order valence-corrected chi connectivity index (χ3v) is 4.32. The Labute approximate surface area is 121 Å². The average molecular weight is 285 g/mol. The molecule has 0 unspecified atom stereocenters. The molecule has 20 heavy (non-hydrogen) atoms. The molecule has 3 rings (SSSR count). The smallest absolute Gasteiger partial charge is 0.222 e. The van der Waals surface area contributed by atoms with E-state index in [0.717, 1.165) is 22.0 Å². The molecule has 0 saturated carbocycles. The third kappa shape index (κ3) is 2.10. The molecule has 5 heteroatoms. The van der Waals surface area contributed by atoms with Gasteiger partial charge in [-0.3, -0.25) is 9.48 Å². The van der Waals surface area contributed by atoms with Gasteiger partial charge in [0, 0.05) is 23.5 Å². The number of aryl methyl sites for hydroxylation is 2. The van der Waals surface area contributed by atoms with Crippen molar-refractivity contribution >= 4 is 33.1 Å². The lowest BCUT2D eigenvalue weighted by Gasteiger charge is -2.05. The van der Waals surface area contributed by atoms with Gasteiger partial charge in [0.2, 0.25) is 5.91 Å². The van der Waals surface area contributed by atoms with E-state index in [1.165, 1.54) is 17.0 Å². The summed E-state index contributed by atoms with van der Waals surface area (Å²) in [6.45, 7) is 3.47. The number of nitrogens with one attached hydrogen (secondary N) is 1. The maximum atomic E-state index is 11.4. The van der Waals surface area contributed by atoms with Crippen LogP contribution >= 0.6 is 11.3 Å². The second kappa shape index (κ2) is 4.76. The van der Waals surface area contributed by atoms with E-state index >= 15 is 0 Å². The minimum atomic E-state index is -0.0876. The average Bonchev–Trinajstić information content (AvgIpc) is 2.90. The maximum absolute atomic E-state index is 11.4. The van der Waals surface area contributed by atoms with E-state index in [0.29, 0.717) is 0 Å². The third-order valence-electron chi connectivity index (χ3n) is 3.19. The van der Waals surface area contributed by atoms with Gasteiger partial charge in [0.05, 0.1) is 11.3 Å². The van der Waals surface area contributed by atoms with Crippen LogP contribution < -0.4 is 5.32 Å². The highest BCUT2D eigenvalue weighted by Crippen LogP contribution is 2.38. The number of anilines is 1. The Morgan fingerprint density at radius 1 is 1.35 bits per heavy atom. The highest BCUT2D eigenvalue weighted by molar-refractivity contribution is 7.22. The number of hydrogen-bond donors (Lipinski definition) is 1. The molecular formula is C15H15N3OS. The molecule has 4 nitrogen and oxygen atoms in total. The molecule has 2 aromatic heterocycles. The predicted molar refractivity (Wildman–Crippen MR) is 83.1 cm³/mol. The molecule has 3 aromatic rings. The van der Waals surface area contributed by atoms with E-state index in [1.807, 2.05) is 26.1 Å². The van der Waals surface area contributed by atoms with Crippen LogP contribution in [0, 0.1) is 6.92 Å². The van der Waals surface area contributed by atoms with Crippen LogP contribution in [-0.4, -0.2) is 15.7 Å². The molecule has 0 aliphatic heterocycles. The number of benzene rings is 1. The molecule has 0 saturated heterocycles. The van der Waals surface area contributed by atoms with E-state index in [9.17, 15) is 4.79 Å². The van der Waals surface area contributed by atoms with Crippen molar-refractivity contribution in [3.63, 3.8) is 0 Å². The van der Waals surface area contributed by atoms with E-state index in [1.54, 1.807) is 16.0 Å². The molecule has 1 aromatic carbocycles. The molecule has 0 spiro atoms. The zero-order valence-electron chi connectivity index (χ0n) is 11.6. The van der Waals surface area contributed by atoms with E-state index < -0.39 is 0 Å². The van der Waals surface area contributed by atoms with E-state index in [-0.39, 0.29) is 5.91 Å². The number of hydrogen-bond acceptors (Lipinski definition) is 3. The van der Waals surface area contributed by atoms with Gasteiger partial charge in [-0.1, -0.05) is 18.2 Å². The van der Waals surface area contributed by atoms with Crippen molar-refractivity contribution < 1.29 is 4.79 Å². The lowest BCUT2D eigenvalue weighted by atomic mass is 10.1. The summed E-state index contributed by atoms with van der Waals surface area (Å²) in [5.41, 5.74) is 1.92. The Hall–Kier alpha value is -2.14. The second-order valence-corrected chi connectivity index (χ2v) is 5.85. The second-order valence-electron chi connectivity index (χ2n) is 4.76. The van der Waals surface area contributed by atoms with Crippen LogP contribution in [0.2, 0.25) is 0 Å². The van der Waals surface area contributed by atoms with Crippen LogP contribution in [-0.2, 0) is 11.8 Å². The largest absolute Gasteiger partial charge is 0.311 e. The van der Waals surface area contributed by atoms with Gasteiger partial charge in [0.15, 0.2) is 0 Å². The molecule has 0 bridgehead atoms. The standard InChI is InChI=1S/C15H15N3OS/c1-9-14(15(16-10(2)19)18(3)17-9)13-8-11-6-4-5-7-12(11)20-13/h4-8H,1-3H3,(H,16,19). The summed E-state index contributed by atoms with van der Waals surface area (Å²) in [4.78, 5) is 12.5. The van der Waals surface area contributed by atoms with Gasteiger partial charge < -0.3 is 5.32 Å². The number of carbonyl (C=O) groups excluding carboxylic acids is 1. The van der Waals surface area contributed by atoms with Crippen LogP contribution in [0.1, 0.15) is 12.6 Å². The van der Waals surface area contributed by atoms with Crippen molar-refractivity contribution in [2.24, 2.45) is 7.05 Å². The van der Waals surface area contributed by atoms with Gasteiger partial charge in [0.25, 0.3) is 0 Å². The lowest BCUT2D eigenvalue weighted by Crippen LogP contribution is -2.10. The molecule has 0 aliphatic rings. The first-order chi connectivity index (χ1) is 9.56. The number of nitrogens with zero attached hydrogens (tertiary/aromatic N) is 2. The molecule has 0 atom stereocenters. The van der Waals surface area contributed by atoms with Gasteiger partial charge >= 0.3 is 0 Å². The molecule has 0 radical (unpaired) electrons. The minimum absolute atomic E-state index is 0.0876. The van der Waals surface area contributed by atoms with Gasteiger partial charge in [-0.05, 0) is 24.4 Å². The first kappa shape index (κ1) is 12.9. The van der Waals surface area contributed by atoms with Crippen LogP contribution in [0.4, 0.5) is 5.82 Å². The lowest BCUT2D eigenvalue weighted by molar-refractivity contribution is -0.114. The first-order valence-electron chi connectivity index (χ1n) is 6.36. The van der Waals surface area contributed by atoms with E-state index in [2.05, 4.69) is 28.6 Å². The van der Waals surface area contributed by atoms with Gasteiger partial charge in [-0.2, -0.15) is 5.10 Å². The monoisotopic (exact) mass is 285 g/mol. The summed E-state index contributed by atoms with van der Waals surface area (Å²) in [5, 5.41) is 8.51. The summed E-state index contributed by atoms with van der Waals surface area (Å²) in [6, 6.07) is 10.4. The van der Waals surface area contributed by atoms with Crippen LogP contribution in [0.5, 0.6) is 0 Å². The highest BCUT2D eigenvalue weighted by atomic mass is 32.1.